The van der Waals surface area contributed by atoms with Gasteiger partial charge in [-0.1, -0.05) is 12.1 Å². The molecule has 0 aliphatic carbocycles. The fourth-order valence-corrected chi connectivity index (χ4v) is 1.55. The summed E-state index contributed by atoms with van der Waals surface area (Å²) in [7, 11) is 0. The molecule has 1 rings (SSSR count). The second-order valence-electron chi connectivity index (χ2n) is 4.45. The van der Waals surface area contributed by atoms with Crippen LogP contribution in [0.15, 0.2) is 24.3 Å². The number of hydrogen-bond donors (Lipinski definition) is 3. The number of carboxylic acids is 1. The van der Waals surface area contributed by atoms with Crippen molar-refractivity contribution < 1.29 is 23.9 Å². The van der Waals surface area contributed by atoms with Crippen LogP contribution in [0.4, 0.5) is 9.18 Å². The van der Waals surface area contributed by atoms with Gasteiger partial charge in [-0.15, -0.1) is 0 Å². The number of Topliss-reactive ketones (excluding diaryl/α,β-unsaturated/α-hetero) is 1. The van der Waals surface area contributed by atoms with Crippen LogP contribution in [0.5, 0.6) is 0 Å². The summed E-state index contributed by atoms with van der Waals surface area (Å²) in [4.78, 5) is 33.1. The van der Waals surface area contributed by atoms with Gasteiger partial charge in [-0.3, -0.25) is 9.59 Å². The molecule has 0 fully saturated rings. The van der Waals surface area contributed by atoms with Gasteiger partial charge in [0.2, 0.25) is 0 Å². The van der Waals surface area contributed by atoms with Crippen LogP contribution in [-0.4, -0.2) is 29.4 Å². The molecule has 0 aromatic heterocycles. The molecule has 21 heavy (non-hydrogen) atoms. The highest BCUT2D eigenvalue weighted by molar-refractivity contribution is 5.85. The highest BCUT2D eigenvalue weighted by Crippen LogP contribution is 2.01. The van der Waals surface area contributed by atoms with E-state index < -0.39 is 12.0 Å². The Morgan fingerprint density at radius 1 is 1.05 bits per heavy atom. The van der Waals surface area contributed by atoms with Gasteiger partial charge in [0.25, 0.3) is 0 Å². The maximum absolute atomic E-state index is 12.7. The second-order valence-corrected chi connectivity index (χ2v) is 4.45. The van der Waals surface area contributed by atoms with Gasteiger partial charge in [-0.05, 0) is 24.1 Å². The van der Waals surface area contributed by atoms with Crippen molar-refractivity contribution in [3.8, 4) is 0 Å². The van der Waals surface area contributed by atoms with Crippen LogP contribution >= 0.6 is 0 Å². The Kier molecular flexibility index (Phi) is 6.86. The van der Waals surface area contributed by atoms with E-state index in [0.717, 1.165) is 5.56 Å². The normalized spacial score (nSPS) is 9.95. The second kappa shape index (κ2) is 8.68. The lowest BCUT2D eigenvalue weighted by Gasteiger charge is -2.07. The number of amides is 2. The van der Waals surface area contributed by atoms with Crippen LogP contribution in [0.1, 0.15) is 24.8 Å². The molecule has 1 aromatic carbocycles. The van der Waals surface area contributed by atoms with Crippen molar-refractivity contribution in [2.24, 2.45) is 0 Å². The van der Waals surface area contributed by atoms with Gasteiger partial charge in [0, 0.05) is 19.4 Å². The van der Waals surface area contributed by atoms with Gasteiger partial charge in [-0.25, -0.2) is 9.18 Å². The lowest BCUT2D eigenvalue weighted by Crippen LogP contribution is -2.38. The fraction of sp³-hybridized carbons (Fsp3) is 0.357. The molecule has 6 nitrogen and oxygen atoms in total. The number of aliphatic carboxylic acids is 1. The van der Waals surface area contributed by atoms with Gasteiger partial charge < -0.3 is 15.7 Å². The molecule has 3 N–H and O–H groups in total. The Bertz CT molecular complexity index is 502. The third-order valence-corrected chi connectivity index (χ3v) is 2.66. The molecule has 0 unspecified atom stereocenters. The number of carbonyl (C=O) groups excluding carboxylic acids is 2. The highest BCUT2D eigenvalue weighted by Gasteiger charge is 2.06. The number of carboxylic acid groups (broad SMARTS) is 1. The standard InChI is InChI=1S/C14H17FN2O4/c15-11-6-4-10(5-7-11)8-16-14(21)17-9-12(18)2-1-3-13(19)20/h4-7H,1-3,8-9H2,(H,19,20)(H2,16,17,21). The molecule has 7 heteroatoms. The first-order valence-electron chi connectivity index (χ1n) is 6.47. The average Bonchev–Trinajstić information content (AvgIpc) is 2.44. The van der Waals surface area contributed by atoms with Gasteiger partial charge in [-0.2, -0.15) is 0 Å². The zero-order valence-corrected chi connectivity index (χ0v) is 11.4. The quantitative estimate of drug-likeness (QED) is 0.676. The maximum atomic E-state index is 12.7. The molecule has 0 bridgehead atoms. The topological polar surface area (TPSA) is 95.5 Å². The van der Waals surface area contributed by atoms with Crippen molar-refractivity contribution in [1.29, 1.82) is 0 Å². The number of carbonyl (C=O) groups is 3. The number of nitrogens with one attached hydrogen (secondary N) is 2. The third kappa shape index (κ3) is 7.66. The summed E-state index contributed by atoms with van der Waals surface area (Å²) < 4.78 is 12.7. The van der Waals surface area contributed by atoms with Crippen LogP contribution in [-0.2, 0) is 16.1 Å². The lowest BCUT2D eigenvalue weighted by atomic mass is 10.2. The zero-order chi connectivity index (χ0) is 15.7. The van der Waals surface area contributed by atoms with Crippen LogP contribution < -0.4 is 10.6 Å². The Hall–Kier alpha value is -2.44. The van der Waals surface area contributed by atoms with E-state index in [1.54, 1.807) is 12.1 Å². The zero-order valence-electron chi connectivity index (χ0n) is 11.4. The van der Waals surface area contributed by atoms with Crippen molar-refractivity contribution in [1.82, 2.24) is 10.6 Å². The summed E-state index contributed by atoms with van der Waals surface area (Å²) in [5.74, 6) is -1.53. The Balaban J connectivity index is 2.17. The van der Waals surface area contributed by atoms with Crippen LogP contribution in [0.3, 0.4) is 0 Å². The van der Waals surface area contributed by atoms with Crippen molar-refractivity contribution in [3.05, 3.63) is 35.6 Å². The first-order valence-corrected chi connectivity index (χ1v) is 6.47. The lowest BCUT2D eigenvalue weighted by molar-refractivity contribution is -0.137. The van der Waals surface area contributed by atoms with E-state index in [1.807, 2.05) is 0 Å². The van der Waals surface area contributed by atoms with Crippen LogP contribution in [0, 0.1) is 5.82 Å². The minimum absolute atomic E-state index is 0.0670. The number of halogens is 1. The van der Waals surface area contributed by atoms with E-state index in [4.69, 9.17) is 5.11 Å². The minimum atomic E-state index is -0.951. The van der Waals surface area contributed by atoms with E-state index in [0.29, 0.717) is 0 Å². The molecule has 0 aliphatic rings. The minimum Gasteiger partial charge on any atom is -0.481 e. The van der Waals surface area contributed by atoms with Crippen molar-refractivity contribution in [2.75, 3.05) is 6.54 Å². The van der Waals surface area contributed by atoms with Gasteiger partial charge in [0.1, 0.15) is 5.82 Å². The predicted octanol–water partition coefficient (Wildman–Crippen LogP) is 1.45. The molecule has 0 saturated heterocycles. The molecule has 0 radical (unpaired) electrons. The van der Waals surface area contributed by atoms with E-state index in [-0.39, 0.29) is 44.0 Å². The molecule has 0 spiro atoms. The van der Waals surface area contributed by atoms with E-state index >= 15 is 0 Å². The van der Waals surface area contributed by atoms with E-state index in [9.17, 15) is 18.8 Å². The third-order valence-electron chi connectivity index (χ3n) is 2.66. The van der Waals surface area contributed by atoms with Crippen molar-refractivity contribution >= 4 is 17.8 Å². The first kappa shape index (κ1) is 16.6. The van der Waals surface area contributed by atoms with Crippen molar-refractivity contribution in [3.63, 3.8) is 0 Å². The van der Waals surface area contributed by atoms with Gasteiger partial charge in [0.05, 0.1) is 6.54 Å². The SMILES string of the molecule is O=C(O)CCCC(=O)CNC(=O)NCc1ccc(F)cc1. The van der Waals surface area contributed by atoms with Crippen LogP contribution in [0.25, 0.3) is 0 Å². The summed E-state index contributed by atoms with van der Waals surface area (Å²) in [5.41, 5.74) is 0.735. The summed E-state index contributed by atoms with van der Waals surface area (Å²) in [6, 6.07) is 5.17. The van der Waals surface area contributed by atoms with Gasteiger partial charge in [0.15, 0.2) is 5.78 Å². The fourth-order valence-electron chi connectivity index (χ4n) is 1.55. The maximum Gasteiger partial charge on any atom is 0.315 e. The molecule has 114 valence electrons. The summed E-state index contributed by atoms with van der Waals surface area (Å²) in [6.45, 7) is 0.0776. The molecule has 0 saturated carbocycles. The number of benzene rings is 1. The molecule has 1 aromatic rings. The predicted molar refractivity (Wildman–Crippen MR) is 73.1 cm³/mol. The van der Waals surface area contributed by atoms with Gasteiger partial charge >= 0.3 is 12.0 Å². The summed E-state index contributed by atoms with van der Waals surface area (Å²) in [5, 5.41) is 13.3. The van der Waals surface area contributed by atoms with E-state index in [2.05, 4.69) is 10.6 Å². The van der Waals surface area contributed by atoms with Crippen molar-refractivity contribution in [2.45, 2.75) is 25.8 Å². The molecule has 0 atom stereocenters. The molecular weight excluding hydrogens is 279 g/mol. The largest absolute Gasteiger partial charge is 0.481 e. The monoisotopic (exact) mass is 296 g/mol. The molecular formula is C14H17FN2O4. The molecule has 0 heterocycles. The number of hydrogen-bond acceptors (Lipinski definition) is 3. The molecule has 2 amide bonds. The highest BCUT2D eigenvalue weighted by atomic mass is 19.1. The number of ketones is 1. The smallest absolute Gasteiger partial charge is 0.315 e. The number of rotatable bonds is 8. The Labute approximate surface area is 121 Å². The average molecular weight is 296 g/mol. The van der Waals surface area contributed by atoms with E-state index in [1.165, 1.54) is 12.1 Å². The molecule has 0 aliphatic heterocycles. The summed E-state index contributed by atoms with van der Waals surface area (Å²) >= 11 is 0. The first-order chi connectivity index (χ1) is 9.97. The summed E-state index contributed by atoms with van der Waals surface area (Å²) in [6.07, 6.45) is 0.306. The Morgan fingerprint density at radius 3 is 2.33 bits per heavy atom. The Morgan fingerprint density at radius 2 is 1.71 bits per heavy atom. The van der Waals surface area contributed by atoms with Crippen LogP contribution in [0.2, 0.25) is 0 Å². The number of urea groups is 1.